The highest BCUT2D eigenvalue weighted by Gasteiger charge is 2.32. The van der Waals surface area contributed by atoms with Gasteiger partial charge in [-0.1, -0.05) is 30.3 Å². The van der Waals surface area contributed by atoms with E-state index in [1.165, 1.54) is 0 Å². The predicted molar refractivity (Wildman–Crippen MR) is 173 cm³/mol. The van der Waals surface area contributed by atoms with Crippen molar-refractivity contribution in [3.63, 3.8) is 0 Å². The maximum Gasteiger partial charge on any atom is 0.259 e. The monoisotopic (exact) mass is 598 g/mol. The van der Waals surface area contributed by atoms with E-state index in [1.807, 2.05) is 51.4 Å². The first-order valence-electron chi connectivity index (χ1n) is 14.5. The van der Waals surface area contributed by atoms with E-state index >= 15 is 0 Å². The number of anilines is 4. The number of aromatic hydroxyl groups is 1. The number of aryl methyl sites for hydroxylation is 3. The molecule has 3 aromatic heterocycles. The van der Waals surface area contributed by atoms with Crippen molar-refractivity contribution in [1.82, 2.24) is 24.7 Å². The summed E-state index contributed by atoms with van der Waals surface area (Å²) in [5.41, 5.74) is 7.67. The zero-order valence-electron chi connectivity index (χ0n) is 24.9. The van der Waals surface area contributed by atoms with Crippen molar-refractivity contribution in [3.8, 4) is 17.0 Å². The van der Waals surface area contributed by atoms with E-state index in [4.69, 9.17) is 4.98 Å². The molecule has 0 atom stereocenters. The van der Waals surface area contributed by atoms with Crippen LogP contribution >= 0.6 is 0 Å². The van der Waals surface area contributed by atoms with Crippen LogP contribution in [0.1, 0.15) is 32.7 Å². The Morgan fingerprint density at radius 3 is 2.67 bits per heavy atom. The highest BCUT2D eigenvalue weighted by Crippen LogP contribution is 2.39. The topological polar surface area (TPSA) is 141 Å². The molecule has 0 unspecified atom stereocenters. The number of hydrogen-bond acceptors (Lipinski definition) is 7. The zero-order valence-corrected chi connectivity index (χ0v) is 24.9. The average Bonchev–Trinajstić information content (AvgIpc) is 3.69. The molecular weight excluding hydrogens is 568 g/mol. The Bertz CT molecular complexity index is 2110. The van der Waals surface area contributed by atoms with E-state index in [2.05, 4.69) is 25.7 Å². The lowest BCUT2D eigenvalue weighted by molar-refractivity contribution is -0.115. The van der Waals surface area contributed by atoms with Gasteiger partial charge >= 0.3 is 0 Å². The van der Waals surface area contributed by atoms with Gasteiger partial charge in [0.15, 0.2) is 5.82 Å². The first-order valence-corrected chi connectivity index (χ1v) is 14.5. The van der Waals surface area contributed by atoms with E-state index in [0.29, 0.717) is 35.1 Å². The van der Waals surface area contributed by atoms with E-state index in [1.54, 1.807) is 58.2 Å². The molecule has 4 heterocycles. The third-order valence-electron chi connectivity index (χ3n) is 8.08. The molecule has 0 bridgehead atoms. The number of benzene rings is 3. The van der Waals surface area contributed by atoms with Crippen LogP contribution in [-0.4, -0.2) is 41.7 Å². The van der Waals surface area contributed by atoms with Crippen LogP contribution in [0.25, 0.3) is 22.2 Å². The minimum absolute atomic E-state index is 0.0987. The molecule has 0 saturated carbocycles. The summed E-state index contributed by atoms with van der Waals surface area (Å²) in [6.07, 6.45) is 3.78. The predicted octanol–water partition coefficient (Wildman–Crippen LogP) is 5.77. The van der Waals surface area contributed by atoms with Crippen molar-refractivity contribution < 1.29 is 14.7 Å². The van der Waals surface area contributed by atoms with Crippen LogP contribution < -0.4 is 15.5 Å². The number of hydrogen-bond donors (Lipinski definition) is 4. The van der Waals surface area contributed by atoms with Crippen LogP contribution in [0.4, 0.5) is 23.1 Å². The Morgan fingerprint density at radius 1 is 1.04 bits per heavy atom. The lowest BCUT2D eigenvalue weighted by Crippen LogP contribution is -2.23. The quantitative estimate of drug-likeness (QED) is 0.183. The van der Waals surface area contributed by atoms with Crippen molar-refractivity contribution in [2.75, 3.05) is 15.5 Å². The van der Waals surface area contributed by atoms with Crippen LogP contribution in [-0.2, 0) is 24.8 Å². The second-order valence-electron chi connectivity index (χ2n) is 11.2. The summed E-state index contributed by atoms with van der Waals surface area (Å²) in [6.45, 7) is 4.24. The molecule has 6 aromatic rings. The molecule has 1 aliphatic heterocycles. The zero-order chi connectivity index (χ0) is 31.2. The number of carbonyl (C=O) groups is 2. The molecule has 0 fully saturated rings. The summed E-state index contributed by atoms with van der Waals surface area (Å²) in [5, 5.41) is 21.3. The van der Waals surface area contributed by atoms with Gasteiger partial charge in [-0.05, 0) is 55.3 Å². The molecular formula is C34H30N8O3. The summed E-state index contributed by atoms with van der Waals surface area (Å²) < 4.78 is 1.78. The molecule has 0 aliphatic carbocycles. The van der Waals surface area contributed by atoms with Gasteiger partial charge in [-0.25, -0.2) is 9.97 Å². The molecule has 3 aromatic carbocycles. The van der Waals surface area contributed by atoms with Gasteiger partial charge in [-0.2, -0.15) is 5.10 Å². The number of H-pyrrole nitrogens is 1. The molecule has 1 aliphatic rings. The van der Waals surface area contributed by atoms with Gasteiger partial charge in [-0.15, -0.1) is 0 Å². The van der Waals surface area contributed by atoms with Crippen LogP contribution in [0.2, 0.25) is 0 Å². The summed E-state index contributed by atoms with van der Waals surface area (Å²) >= 11 is 0. The van der Waals surface area contributed by atoms with Crippen LogP contribution in [0.5, 0.6) is 5.75 Å². The lowest BCUT2D eigenvalue weighted by Gasteiger charge is -2.17. The number of nitrogens with zero attached hydrogens (tertiary/aromatic N) is 5. The van der Waals surface area contributed by atoms with Crippen molar-refractivity contribution >= 4 is 45.9 Å². The standard InChI is InChI=1S/C34H30N8O3/c1-19-16-36-34(38-29-13-20(2)41(3)40-29)39-31(19)25-17-35-32-23(25)9-6-12-28(32)42-18-26-24(33(42)45)10-5-11-27(26)37-30(44)15-21-7-4-8-22(43)14-21/h4-14,16-17,35,43H,15,18H2,1-3H3,(H,37,44)(H,36,38,39,40). The van der Waals surface area contributed by atoms with Crippen LogP contribution in [0, 0.1) is 13.8 Å². The molecule has 4 N–H and O–H groups in total. The van der Waals surface area contributed by atoms with E-state index in [9.17, 15) is 14.7 Å². The molecule has 224 valence electrons. The van der Waals surface area contributed by atoms with Gasteiger partial charge in [-0.3, -0.25) is 14.3 Å². The molecule has 7 rings (SSSR count). The fourth-order valence-electron chi connectivity index (χ4n) is 5.76. The second-order valence-corrected chi connectivity index (χ2v) is 11.2. The lowest BCUT2D eigenvalue weighted by atomic mass is 10.1. The van der Waals surface area contributed by atoms with Crippen molar-refractivity contribution in [1.29, 1.82) is 0 Å². The summed E-state index contributed by atoms with van der Waals surface area (Å²) in [5.74, 6) is 0.822. The van der Waals surface area contributed by atoms with Gasteiger partial charge in [0.1, 0.15) is 5.75 Å². The van der Waals surface area contributed by atoms with Gasteiger partial charge in [0.2, 0.25) is 11.9 Å². The minimum Gasteiger partial charge on any atom is -0.508 e. The Kier molecular flexibility index (Phi) is 6.77. The van der Waals surface area contributed by atoms with E-state index < -0.39 is 0 Å². The second kappa shape index (κ2) is 10.9. The van der Waals surface area contributed by atoms with E-state index in [0.717, 1.165) is 44.7 Å². The highest BCUT2D eigenvalue weighted by molar-refractivity contribution is 6.15. The molecule has 45 heavy (non-hydrogen) atoms. The first-order chi connectivity index (χ1) is 21.7. The number of nitrogens with one attached hydrogen (secondary N) is 3. The van der Waals surface area contributed by atoms with Gasteiger partial charge in [0, 0.05) is 59.0 Å². The van der Waals surface area contributed by atoms with Gasteiger partial charge < -0.3 is 25.6 Å². The van der Waals surface area contributed by atoms with Crippen LogP contribution in [0.15, 0.2) is 79.1 Å². The number of fused-ring (bicyclic) bond motifs is 2. The number of phenolic OH excluding ortho intramolecular Hbond substituents is 1. The third-order valence-corrected chi connectivity index (χ3v) is 8.08. The highest BCUT2D eigenvalue weighted by atomic mass is 16.3. The molecule has 11 nitrogen and oxygen atoms in total. The SMILES string of the molecule is Cc1cnc(Nc2cc(C)n(C)n2)nc1-c1c[nH]c2c(N3Cc4c(NC(=O)Cc5cccc(O)c5)cccc4C3=O)cccc12. The Balaban J connectivity index is 1.17. The smallest absolute Gasteiger partial charge is 0.259 e. The third kappa shape index (κ3) is 5.14. The fraction of sp³-hybridized carbons (Fsp3) is 0.147. The van der Waals surface area contributed by atoms with Gasteiger partial charge in [0.25, 0.3) is 5.91 Å². The summed E-state index contributed by atoms with van der Waals surface area (Å²) in [4.78, 5) is 41.0. The maximum absolute atomic E-state index is 13.7. The normalized spacial score (nSPS) is 12.5. The number of para-hydroxylation sites is 1. The average molecular weight is 599 g/mol. The van der Waals surface area contributed by atoms with Crippen molar-refractivity contribution in [2.24, 2.45) is 7.05 Å². The summed E-state index contributed by atoms with van der Waals surface area (Å²) in [7, 11) is 1.88. The number of aromatic nitrogens is 5. The Labute approximate surface area is 258 Å². The number of carbonyl (C=O) groups excluding carboxylic acids is 2. The number of rotatable bonds is 7. The number of aromatic amines is 1. The van der Waals surface area contributed by atoms with Crippen LogP contribution in [0.3, 0.4) is 0 Å². The van der Waals surface area contributed by atoms with E-state index in [-0.39, 0.29) is 24.0 Å². The minimum atomic E-state index is -0.233. The fourth-order valence-corrected chi connectivity index (χ4v) is 5.76. The Hall–Kier alpha value is -5.97. The maximum atomic E-state index is 13.7. The molecule has 0 saturated heterocycles. The largest absolute Gasteiger partial charge is 0.508 e. The van der Waals surface area contributed by atoms with Crippen molar-refractivity contribution in [2.45, 2.75) is 26.8 Å². The molecule has 11 heteroatoms. The molecule has 0 radical (unpaired) electrons. The summed E-state index contributed by atoms with van der Waals surface area (Å²) in [6, 6.07) is 19.7. The molecule has 0 spiro atoms. The molecule has 2 amide bonds. The number of phenols is 1. The first kappa shape index (κ1) is 27.8. The Morgan fingerprint density at radius 2 is 1.87 bits per heavy atom. The van der Waals surface area contributed by atoms with Crippen molar-refractivity contribution in [3.05, 3.63) is 107 Å². The number of amides is 2. The van der Waals surface area contributed by atoms with Gasteiger partial charge in [0.05, 0.1) is 29.9 Å².